The van der Waals surface area contributed by atoms with Crippen LogP contribution in [0.3, 0.4) is 0 Å². The Morgan fingerprint density at radius 1 is 0.488 bits per heavy atom. The molecular weight excluding hydrogens is 1370 g/mol. The van der Waals surface area contributed by atoms with Gasteiger partial charge in [0, 0.05) is 92.3 Å². The van der Waals surface area contributed by atoms with Crippen LogP contribution in [0.5, 0.6) is 11.5 Å². The van der Waals surface area contributed by atoms with Crippen molar-refractivity contribution in [2.75, 3.05) is 49.5 Å². The molecule has 9 aromatic carbocycles. The molecule has 413 valence electrons. The van der Waals surface area contributed by atoms with E-state index in [9.17, 15) is 0 Å². The summed E-state index contributed by atoms with van der Waals surface area (Å²) in [5.41, 5.74) is 18.9. The standard InChI is InChI=1S/C41H30N4O.C30H26N4.Ir.Pt/c1-26-19-27(2)41(28(3)20-26)30-21-31(45-25-44(4)38-15-9-10-16-39(38)45)23-32(22-30)46-40-24-37(43-35-14-8-6-12-33(35)40)36-18-17-29-11-5-7-13-34(29)42-36;1-3-13-25(14-4-1)33-23-31(27-17-7-9-19-29(27)33)21-11-12-22-32-24-34(26-15-5-2-6-16-26)30-20-10-8-18-28(30)32;;/h5-17,19-22,25H,1-4H3;1-10,13,15,17-20,23-24H,11-12,21-22H2;;/q2*-4;;. The fourth-order valence-corrected chi connectivity index (χ4v) is 11.2. The summed E-state index contributed by atoms with van der Waals surface area (Å²) in [5.74, 6) is 1.14. The molecule has 82 heavy (non-hydrogen) atoms. The summed E-state index contributed by atoms with van der Waals surface area (Å²) in [5, 5.41) is 1.88. The van der Waals surface area contributed by atoms with E-state index in [1.54, 1.807) is 0 Å². The first-order chi connectivity index (χ1) is 39.3. The molecule has 2 aromatic heterocycles. The van der Waals surface area contributed by atoms with Gasteiger partial charge in [0.15, 0.2) is 0 Å². The molecule has 0 saturated carbocycles. The number of anilines is 9. The Labute approximate surface area is 509 Å². The van der Waals surface area contributed by atoms with E-state index in [1.165, 1.54) is 45.0 Å². The predicted octanol–water partition coefficient (Wildman–Crippen LogP) is 16.9. The molecule has 5 heterocycles. The zero-order chi connectivity index (χ0) is 54.1. The van der Waals surface area contributed by atoms with Gasteiger partial charge in [-0.1, -0.05) is 89.1 Å². The van der Waals surface area contributed by atoms with Gasteiger partial charge in [-0.15, -0.1) is 64.3 Å². The first-order valence-corrected chi connectivity index (χ1v) is 27.1. The van der Waals surface area contributed by atoms with Crippen LogP contribution >= 0.6 is 0 Å². The predicted molar refractivity (Wildman–Crippen MR) is 327 cm³/mol. The monoisotopic (exact) mass is 1420 g/mol. The maximum absolute atomic E-state index is 6.78. The van der Waals surface area contributed by atoms with Crippen molar-refractivity contribution in [2.24, 2.45) is 0 Å². The van der Waals surface area contributed by atoms with Crippen LogP contribution in [-0.4, -0.2) is 30.1 Å². The first-order valence-electron chi connectivity index (χ1n) is 27.1. The Morgan fingerprint density at radius 3 is 1.61 bits per heavy atom. The number of unbranched alkanes of at least 4 members (excludes halogenated alkanes) is 1. The third-order valence-corrected chi connectivity index (χ3v) is 14.8. The van der Waals surface area contributed by atoms with Gasteiger partial charge < -0.3 is 44.1 Å². The molecule has 11 aromatic rings. The average Bonchev–Trinajstić information content (AvgIpc) is 4.33. The number of fused-ring (bicyclic) bond motifs is 5. The van der Waals surface area contributed by atoms with Gasteiger partial charge in [-0.25, -0.2) is 6.07 Å². The average molecular weight is 1420 g/mol. The van der Waals surface area contributed by atoms with E-state index < -0.39 is 0 Å². The zero-order valence-electron chi connectivity index (χ0n) is 45.7. The van der Waals surface area contributed by atoms with Crippen molar-refractivity contribution >= 4 is 73.0 Å². The molecule has 1 radical (unpaired) electrons. The van der Waals surface area contributed by atoms with Crippen molar-refractivity contribution in [2.45, 2.75) is 33.6 Å². The Balaban J connectivity index is 0.000000175. The van der Waals surface area contributed by atoms with Crippen molar-refractivity contribution < 1.29 is 45.9 Å². The maximum atomic E-state index is 6.78. The van der Waals surface area contributed by atoms with E-state index in [0.717, 1.165) is 81.7 Å². The van der Waals surface area contributed by atoms with Crippen LogP contribution in [-0.2, 0) is 41.2 Å². The summed E-state index contributed by atoms with van der Waals surface area (Å²) in [7, 11) is 2.06. The number of pyridine rings is 2. The van der Waals surface area contributed by atoms with Crippen LogP contribution in [0.4, 0.5) is 51.2 Å². The Bertz CT molecular complexity index is 3930. The van der Waals surface area contributed by atoms with Gasteiger partial charge in [0.25, 0.3) is 0 Å². The summed E-state index contributed by atoms with van der Waals surface area (Å²) < 4.78 is 6.78. The number of hydrogen-bond acceptors (Lipinski definition) is 9. The number of para-hydroxylation sites is 10. The van der Waals surface area contributed by atoms with E-state index in [1.807, 2.05) is 78.9 Å². The largest absolute Gasteiger partial charge is 0.509 e. The summed E-state index contributed by atoms with van der Waals surface area (Å²) in [6.45, 7) is 14.9. The molecule has 0 saturated heterocycles. The van der Waals surface area contributed by atoms with Gasteiger partial charge in [0.1, 0.15) is 0 Å². The first kappa shape index (κ1) is 55.6. The minimum absolute atomic E-state index is 0. The Kier molecular flexibility index (Phi) is 16.6. The second kappa shape index (κ2) is 24.4. The van der Waals surface area contributed by atoms with E-state index in [4.69, 9.17) is 14.7 Å². The zero-order valence-corrected chi connectivity index (χ0v) is 50.4. The van der Waals surface area contributed by atoms with E-state index in [0.29, 0.717) is 22.9 Å². The third-order valence-electron chi connectivity index (χ3n) is 14.8. The van der Waals surface area contributed by atoms with Gasteiger partial charge in [0.05, 0.1) is 0 Å². The number of nitrogens with zero attached hydrogens (tertiary/aromatic N) is 8. The van der Waals surface area contributed by atoms with Gasteiger partial charge in [-0.3, -0.25) is 0 Å². The van der Waals surface area contributed by atoms with Crippen LogP contribution in [0.1, 0.15) is 29.5 Å². The van der Waals surface area contributed by atoms with Crippen molar-refractivity contribution in [3.05, 3.63) is 267 Å². The number of rotatable bonds is 12. The molecule has 0 N–H and O–H groups in total. The number of benzene rings is 9. The molecule has 14 rings (SSSR count). The molecule has 0 bridgehead atoms. The van der Waals surface area contributed by atoms with Crippen molar-refractivity contribution in [3.8, 4) is 34.0 Å². The van der Waals surface area contributed by atoms with E-state index in [-0.39, 0.29) is 41.2 Å². The SMILES string of the molecule is Cc1cc(C)c(-c2cc(Oc3[c-]c(-c4[c-]cc5ccccc5n4)nc4ccccc34)[c-]c(N3[CH-]N(C)c4ccccc43)c2)c(C)c1.[Ir].[Pt].[c-]1ccccc1N1[CH-]N(CCCCN2[CH-]N(c3[c-]cccc3)c3ccccc32)c2ccccc21. The Morgan fingerprint density at radius 2 is 1.00 bits per heavy atom. The minimum atomic E-state index is 0. The minimum Gasteiger partial charge on any atom is -0.509 e. The van der Waals surface area contributed by atoms with Crippen LogP contribution in [0.15, 0.2) is 200 Å². The molecule has 0 aliphatic carbocycles. The van der Waals surface area contributed by atoms with Gasteiger partial charge in [-0.2, -0.15) is 92.8 Å². The summed E-state index contributed by atoms with van der Waals surface area (Å²) >= 11 is 0. The molecule has 3 aliphatic heterocycles. The molecule has 0 unspecified atom stereocenters. The van der Waals surface area contributed by atoms with Crippen molar-refractivity contribution in [1.29, 1.82) is 0 Å². The fourth-order valence-electron chi connectivity index (χ4n) is 11.2. The van der Waals surface area contributed by atoms with Crippen LogP contribution in [0.2, 0.25) is 0 Å². The Hall–Kier alpha value is -8.26. The molecular formula is C71H56IrN8OPt-8. The summed E-state index contributed by atoms with van der Waals surface area (Å²) in [6, 6.07) is 85.5. The number of ether oxygens (including phenoxy) is 1. The molecule has 0 fully saturated rings. The number of aryl methyl sites for hydroxylation is 3. The van der Waals surface area contributed by atoms with Crippen LogP contribution in [0, 0.1) is 71.1 Å². The summed E-state index contributed by atoms with van der Waals surface area (Å²) in [6.07, 6.45) is 2.20. The quantitative estimate of drug-likeness (QED) is 0.0879. The fraction of sp³-hybridized carbons (Fsp3) is 0.113. The van der Waals surface area contributed by atoms with E-state index in [2.05, 4.69) is 229 Å². The van der Waals surface area contributed by atoms with Crippen molar-refractivity contribution in [3.63, 3.8) is 0 Å². The van der Waals surface area contributed by atoms with Crippen LogP contribution in [0.25, 0.3) is 44.3 Å². The molecule has 11 heteroatoms. The van der Waals surface area contributed by atoms with E-state index >= 15 is 0 Å². The number of aromatic nitrogens is 2. The molecule has 0 spiro atoms. The molecule has 0 amide bonds. The third kappa shape index (κ3) is 11.2. The maximum Gasteiger partial charge on any atom is 0.0326 e. The van der Waals surface area contributed by atoms with Gasteiger partial charge in [0.2, 0.25) is 0 Å². The second-order valence-corrected chi connectivity index (χ2v) is 20.4. The topological polar surface area (TPSA) is 54.5 Å². The van der Waals surface area contributed by atoms with Gasteiger partial charge >= 0.3 is 0 Å². The molecule has 3 aliphatic rings. The summed E-state index contributed by atoms with van der Waals surface area (Å²) in [4.78, 5) is 23.2. The molecule has 0 atom stereocenters. The smallest absolute Gasteiger partial charge is 0.0326 e. The van der Waals surface area contributed by atoms with Gasteiger partial charge in [-0.05, 0) is 124 Å². The number of hydrogen-bond donors (Lipinski definition) is 0. The second-order valence-electron chi connectivity index (χ2n) is 20.4. The normalized spacial score (nSPS) is 13.1. The molecule has 9 nitrogen and oxygen atoms in total. The van der Waals surface area contributed by atoms with Crippen LogP contribution < -0.4 is 34.1 Å². The van der Waals surface area contributed by atoms with Crippen molar-refractivity contribution in [1.82, 2.24) is 9.97 Å².